The van der Waals surface area contributed by atoms with Crippen molar-refractivity contribution in [2.45, 2.75) is 57.7 Å². The summed E-state index contributed by atoms with van der Waals surface area (Å²) in [4.78, 5) is 27.6. The van der Waals surface area contributed by atoms with Crippen LogP contribution in [0.1, 0.15) is 33.1 Å². The van der Waals surface area contributed by atoms with E-state index >= 15 is 0 Å². The molecule has 1 aliphatic heterocycles. The molecule has 0 aromatic heterocycles. The molecule has 26 heavy (non-hydrogen) atoms. The van der Waals surface area contributed by atoms with E-state index in [1.807, 2.05) is 0 Å². The van der Waals surface area contributed by atoms with Gasteiger partial charge in [-0.15, -0.1) is 0 Å². The lowest BCUT2D eigenvalue weighted by Crippen LogP contribution is -2.47. The molecule has 1 fully saturated rings. The van der Waals surface area contributed by atoms with Crippen LogP contribution in [-0.4, -0.2) is 48.4 Å². The molecule has 0 radical (unpaired) electrons. The summed E-state index contributed by atoms with van der Waals surface area (Å²) in [6, 6.07) is 0. The predicted octanol–water partition coefficient (Wildman–Crippen LogP) is 3.25. The van der Waals surface area contributed by atoms with Gasteiger partial charge in [0.05, 0.1) is 18.9 Å². The number of ether oxygens (including phenoxy) is 2. The molecular formula is C14H18F6O6. The van der Waals surface area contributed by atoms with Crippen LogP contribution in [-0.2, 0) is 24.0 Å². The van der Waals surface area contributed by atoms with Crippen molar-refractivity contribution in [1.82, 2.24) is 0 Å². The number of cyclic esters (lactones) is 1. The first-order valence-electron chi connectivity index (χ1n) is 7.56. The molecule has 1 saturated heterocycles. The molecule has 152 valence electrons. The predicted molar refractivity (Wildman–Crippen MR) is 71.6 cm³/mol. The van der Waals surface area contributed by atoms with Gasteiger partial charge in [-0.2, -0.15) is 26.3 Å². The average Bonchev–Trinajstić information content (AvgIpc) is 2.89. The van der Waals surface area contributed by atoms with Crippen LogP contribution < -0.4 is 0 Å². The number of rotatable bonds is 7. The molecule has 3 atom stereocenters. The largest absolute Gasteiger partial charge is 0.465 e. The fourth-order valence-corrected chi connectivity index (χ4v) is 2.72. The van der Waals surface area contributed by atoms with E-state index in [1.165, 1.54) is 13.8 Å². The summed E-state index contributed by atoms with van der Waals surface area (Å²) in [5, 5.41) is 9.10. The van der Waals surface area contributed by atoms with Gasteiger partial charge >= 0.3 is 24.3 Å². The second-order valence-electron chi connectivity index (χ2n) is 6.23. The molecule has 1 rings (SSSR count). The van der Waals surface area contributed by atoms with Crippen LogP contribution in [0.5, 0.6) is 0 Å². The lowest BCUT2D eigenvalue weighted by Gasteiger charge is -2.36. The second-order valence-corrected chi connectivity index (χ2v) is 6.23. The molecule has 0 aromatic rings. The highest BCUT2D eigenvalue weighted by atomic mass is 19.4. The lowest BCUT2D eigenvalue weighted by molar-refractivity contribution is -0.320. The van der Waals surface area contributed by atoms with Crippen molar-refractivity contribution in [3.8, 4) is 0 Å². The van der Waals surface area contributed by atoms with E-state index in [-0.39, 0.29) is 19.4 Å². The van der Waals surface area contributed by atoms with Crippen molar-refractivity contribution in [2.75, 3.05) is 6.61 Å². The third-order valence-corrected chi connectivity index (χ3v) is 4.34. The van der Waals surface area contributed by atoms with Crippen molar-refractivity contribution < 1.29 is 55.6 Å². The van der Waals surface area contributed by atoms with Gasteiger partial charge in [0.15, 0.2) is 0 Å². The Morgan fingerprint density at radius 3 is 2.15 bits per heavy atom. The third kappa shape index (κ3) is 5.22. The van der Waals surface area contributed by atoms with Crippen LogP contribution in [0.15, 0.2) is 0 Å². The summed E-state index contributed by atoms with van der Waals surface area (Å²) in [5.41, 5.74) is -1.47. The summed E-state index contributed by atoms with van der Waals surface area (Å²) in [5.74, 6) is -3.55. The monoisotopic (exact) mass is 396 g/mol. The summed E-state index contributed by atoms with van der Waals surface area (Å²) in [6.07, 6.45) is -18.2. The van der Waals surface area contributed by atoms with Gasteiger partial charge < -0.3 is 9.47 Å². The van der Waals surface area contributed by atoms with Gasteiger partial charge in [0, 0.05) is 5.41 Å². The first-order chi connectivity index (χ1) is 11.8. The molecule has 0 bridgehead atoms. The summed E-state index contributed by atoms with van der Waals surface area (Å²) >= 11 is 0. The lowest BCUT2D eigenvalue weighted by atomic mass is 9.73. The zero-order valence-electron chi connectivity index (χ0n) is 13.8. The van der Waals surface area contributed by atoms with E-state index < -0.39 is 54.3 Å². The molecule has 0 aliphatic carbocycles. The SMILES string of the molecule is CCC(C)(CC(=O)OC(C(F)(F)F)C(F)(F)F)C(OO)C1CCOC1=O. The van der Waals surface area contributed by atoms with Gasteiger partial charge in [-0.1, -0.05) is 13.8 Å². The van der Waals surface area contributed by atoms with Gasteiger partial charge in [0.25, 0.3) is 6.10 Å². The summed E-state index contributed by atoms with van der Waals surface area (Å²) in [6.45, 7) is 2.75. The molecule has 6 nitrogen and oxygen atoms in total. The van der Waals surface area contributed by atoms with Gasteiger partial charge in [-0.05, 0) is 12.8 Å². The topological polar surface area (TPSA) is 82.1 Å². The Morgan fingerprint density at radius 2 is 1.81 bits per heavy atom. The van der Waals surface area contributed by atoms with E-state index in [9.17, 15) is 35.9 Å². The van der Waals surface area contributed by atoms with E-state index in [2.05, 4.69) is 9.62 Å². The summed E-state index contributed by atoms with van der Waals surface area (Å²) in [7, 11) is 0. The van der Waals surface area contributed by atoms with Gasteiger partial charge in [-0.3, -0.25) is 14.8 Å². The molecule has 0 saturated carbocycles. The van der Waals surface area contributed by atoms with Crippen LogP contribution in [0.4, 0.5) is 26.3 Å². The Bertz CT molecular complexity index is 505. The Labute approximate surface area is 144 Å². The zero-order valence-corrected chi connectivity index (χ0v) is 13.8. The van der Waals surface area contributed by atoms with Crippen molar-refractivity contribution >= 4 is 11.9 Å². The van der Waals surface area contributed by atoms with E-state index in [1.54, 1.807) is 0 Å². The molecule has 1 aliphatic rings. The Hall–Kier alpha value is -1.56. The van der Waals surface area contributed by atoms with Crippen LogP contribution in [0.2, 0.25) is 0 Å². The van der Waals surface area contributed by atoms with Crippen molar-refractivity contribution in [3.63, 3.8) is 0 Å². The van der Waals surface area contributed by atoms with Gasteiger partial charge in [0.2, 0.25) is 0 Å². The maximum Gasteiger partial charge on any atom is 0.434 e. The molecule has 0 aromatic carbocycles. The van der Waals surface area contributed by atoms with Crippen LogP contribution >= 0.6 is 0 Å². The number of carbonyl (C=O) groups is 2. The quantitative estimate of drug-likeness (QED) is 0.308. The number of esters is 2. The molecule has 1 heterocycles. The summed E-state index contributed by atoms with van der Waals surface area (Å²) < 4.78 is 83.3. The number of hydrogen-bond donors (Lipinski definition) is 1. The minimum atomic E-state index is -5.83. The Kier molecular flexibility index (Phi) is 6.91. The molecular weight excluding hydrogens is 378 g/mol. The zero-order chi connectivity index (χ0) is 20.3. The average molecular weight is 396 g/mol. The smallest absolute Gasteiger partial charge is 0.434 e. The number of hydrogen-bond acceptors (Lipinski definition) is 6. The highest BCUT2D eigenvalue weighted by Crippen LogP contribution is 2.41. The van der Waals surface area contributed by atoms with Crippen LogP contribution in [0.3, 0.4) is 0 Å². The Morgan fingerprint density at radius 1 is 1.27 bits per heavy atom. The van der Waals surface area contributed by atoms with E-state index in [4.69, 9.17) is 9.99 Å². The molecule has 0 spiro atoms. The maximum atomic E-state index is 12.5. The molecule has 12 heteroatoms. The van der Waals surface area contributed by atoms with E-state index in [0.717, 1.165) is 0 Å². The fraction of sp³-hybridized carbons (Fsp3) is 0.857. The van der Waals surface area contributed by atoms with E-state index in [0.29, 0.717) is 0 Å². The maximum absolute atomic E-state index is 12.5. The second kappa shape index (κ2) is 7.99. The first-order valence-corrected chi connectivity index (χ1v) is 7.56. The van der Waals surface area contributed by atoms with Crippen molar-refractivity contribution in [1.29, 1.82) is 0 Å². The highest BCUT2D eigenvalue weighted by Gasteiger charge is 2.60. The number of alkyl halides is 6. The molecule has 3 unspecified atom stereocenters. The van der Waals surface area contributed by atoms with Crippen LogP contribution in [0, 0.1) is 11.3 Å². The fourth-order valence-electron chi connectivity index (χ4n) is 2.72. The van der Waals surface area contributed by atoms with Crippen molar-refractivity contribution in [3.05, 3.63) is 0 Å². The molecule has 1 N–H and O–H groups in total. The molecule has 0 amide bonds. The number of carbonyl (C=O) groups excluding carboxylic acids is 2. The van der Waals surface area contributed by atoms with Crippen molar-refractivity contribution in [2.24, 2.45) is 11.3 Å². The van der Waals surface area contributed by atoms with Gasteiger partial charge in [0.1, 0.15) is 6.10 Å². The number of halogens is 6. The van der Waals surface area contributed by atoms with Gasteiger partial charge in [-0.25, -0.2) is 4.89 Å². The first kappa shape index (κ1) is 22.5. The normalized spacial score (nSPS) is 22.1. The third-order valence-electron chi connectivity index (χ3n) is 4.34. The highest BCUT2D eigenvalue weighted by molar-refractivity contribution is 5.75. The van der Waals surface area contributed by atoms with Crippen LogP contribution in [0.25, 0.3) is 0 Å². The Balaban J connectivity index is 2.96. The minimum absolute atomic E-state index is 0.0117. The minimum Gasteiger partial charge on any atom is -0.465 e. The standard InChI is InChI=1S/C14H18F6O6/c1-3-12(2,9(26-23)7-4-5-24-10(7)22)6-8(21)25-11(13(15,16)17)14(18,19)20/h7,9,11,23H,3-6H2,1-2H3.